The predicted molar refractivity (Wildman–Crippen MR) is 132 cm³/mol. The van der Waals surface area contributed by atoms with Crippen LogP contribution in [0.15, 0.2) is 60.8 Å². The molecule has 0 saturated heterocycles. The zero-order valence-corrected chi connectivity index (χ0v) is 19.8. The quantitative estimate of drug-likeness (QED) is 0.161. The van der Waals surface area contributed by atoms with Crippen molar-refractivity contribution in [1.82, 2.24) is 4.98 Å². The van der Waals surface area contributed by atoms with E-state index < -0.39 is 11.8 Å². The molecule has 0 aliphatic heterocycles. The van der Waals surface area contributed by atoms with Gasteiger partial charge in [0.05, 0.1) is 11.3 Å². The lowest BCUT2D eigenvalue weighted by atomic mass is 10.0. The Hall–Kier alpha value is -3.01. The lowest BCUT2D eigenvalue weighted by Crippen LogP contribution is -2.09. The number of aryl methyl sites for hydroxylation is 2. The predicted octanol–water partition coefficient (Wildman–Crippen LogP) is 7.96. The average molecular weight is 448 g/mol. The summed E-state index contributed by atoms with van der Waals surface area (Å²) in [4.78, 5) is 17.0. The van der Waals surface area contributed by atoms with Crippen LogP contribution < -0.4 is 4.74 Å². The highest BCUT2D eigenvalue weighted by Crippen LogP contribution is 2.22. The van der Waals surface area contributed by atoms with Crippen LogP contribution in [-0.4, -0.2) is 11.0 Å². The van der Waals surface area contributed by atoms with Crippen LogP contribution in [0, 0.1) is 5.82 Å². The van der Waals surface area contributed by atoms with Crippen LogP contribution in [0.3, 0.4) is 0 Å². The molecule has 3 nitrogen and oxygen atoms in total. The second-order valence-corrected chi connectivity index (χ2v) is 8.55. The Bertz CT molecular complexity index is 1010. The Kier molecular flexibility index (Phi) is 9.61. The minimum absolute atomic E-state index is 0.0495. The number of hydrogen-bond donors (Lipinski definition) is 0. The zero-order chi connectivity index (χ0) is 23.5. The van der Waals surface area contributed by atoms with E-state index in [4.69, 9.17) is 4.74 Å². The Labute approximate surface area is 197 Å². The standard InChI is InChI=1S/C29H34FNO2/c1-3-5-6-7-8-9-11-23-12-18-27(31-21-23)24-14-16-25(17-15-24)29(32)33-28-19-13-22(10-4-2)20-26(28)30/h12-21H,3-11H2,1-2H3. The third kappa shape index (κ3) is 7.52. The van der Waals surface area contributed by atoms with E-state index in [0.717, 1.165) is 36.1 Å². The first-order chi connectivity index (χ1) is 16.1. The molecule has 3 rings (SSSR count). The molecule has 0 bridgehead atoms. The highest BCUT2D eigenvalue weighted by molar-refractivity contribution is 5.91. The fourth-order valence-corrected chi connectivity index (χ4v) is 3.86. The molecule has 0 saturated carbocycles. The highest BCUT2D eigenvalue weighted by atomic mass is 19.1. The number of benzene rings is 2. The molecule has 4 heteroatoms. The number of esters is 1. The van der Waals surface area contributed by atoms with E-state index in [1.165, 1.54) is 56.2 Å². The summed E-state index contributed by atoms with van der Waals surface area (Å²) in [6.07, 6.45) is 12.4. The second-order valence-electron chi connectivity index (χ2n) is 8.55. The van der Waals surface area contributed by atoms with E-state index in [0.29, 0.717) is 5.56 Å². The summed E-state index contributed by atoms with van der Waals surface area (Å²) >= 11 is 0. The number of aromatic nitrogens is 1. The molecule has 33 heavy (non-hydrogen) atoms. The number of unbranched alkanes of at least 4 members (excludes halogenated alkanes) is 5. The van der Waals surface area contributed by atoms with E-state index in [-0.39, 0.29) is 5.75 Å². The Morgan fingerprint density at radius 3 is 2.21 bits per heavy atom. The molecule has 1 aromatic heterocycles. The summed E-state index contributed by atoms with van der Waals surface area (Å²) in [5.41, 5.74) is 4.30. The molecule has 0 aliphatic carbocycles. The van der Waals surface area contributed by atoms with Crippen LogP contribution in [-0.2, 0) is 12.8 Å². The SMILES string of the molecule is CCCCCCCCc1ccc(-c2ccc(C(=O)Oc3ccc(CCC)cc3F)cc2)nc1. The summed E-state index contributed by atoms with van der Waals surface area (Å²) in [6.45, 7) is 4.27. The van der Waals surface area contributed by atoms with Gasteiger partial charge in [-0.15, -0.1) is 0 Å². The van der Waals surface area contributed by atoms with Gasteiger partial charge >= 0.3 is 5.97 Å². The first kappa shape index (κ1) is 24.6. The molecule has 1 heterocycles. The first-order valence-electron chi connectivity index (χ1n) is 12.2. The Morgan fingerprint density at radius 2 is 1.55 bits per heavy atom. The number of ether oxygens (including phenoxy) is 1. The van der Waals surface area contributed by atoms with Gasteiger partial charge in [-0.05, 0) is 60.7 Å². The summed E-state index contributed by atoms with van der Waals surface area (Å²) in [5.74, 6) is -1.14. The average Bonchev–Trinajstić information content (AvgIpc) is 2.84. The van der Waals surface area contributed by atoms with Gasteiger partial charge in [0, 0.05) is 11.8 Å². The minimum atomic E-state index is -0.578. The maximum Gasteiger partial charge on any atom is 0.343 e. The number of rotatable bonds is 12. The fourth-order valence-electron chi connectivity index (χ4n) is 3.86. The molecule has 174 valence electrons. The number of halogens is 1. The van der Waals surface area contributed by atoms with Crippen LogP contribution in [0.4, 0.5) is 4.39 Å². The summed E-state index contributed by atoms with van der Waals surface area (Å²) in [5, 5.41) is 0. The van der Waals surface area contributed by atoms with Crippen molar-refractivity contribution in [3.63, 3.8) is 0 Å². The molecule has 0 atom stereocenters. The number of carbonyl (C=O) groups is 1. The van der Waals surface area contributed by atoms with Gasteiger partial charge in [-0.25, -0.2) is 9.18 Å². The van der Waals surface area contributed by atoms with E-state index in [9.17, 15) is 9.18 Å². The maximum atomic E-state index is 14.2. The van der Waals surface area contributed by atoms with E-state index in [2.05, 4.69) is 18.0 Å². The van der Waals surface area contributed by atoms with Crippen molar-refractivity contribution in [2.24, 2.45) is 0 Å². The smallest absolute Gasteiger partial charge is 0.343 e. The molecule has 2 aromatic carbocycles. The van der Waals surface area contributed by atoms with Crippen molar-refractivity contribution in [2.75, 3.05) is 0 Å². The van der Waals surface area contributed by atoms with Gasteiger partial charge < -0.3 is 4.74 Å². The molecule has 0 aliphatic rings. The molecular formula is C29H34FNO2. The molecule has 0 N–H and O–H groups in total. The second kappa shape index (κ2) is 12.9. The topological polar surface area (TPSA) is 39.2 Å². The van der Waals surface area contributed by atoms with Gasteiger partial charge in [-0.1, -0.05) is 76.6 Å². The number of pyridine rings is 1. The van der Waals surface area contributed by atoms with Crippen LogP contribution >= 0.6 is 0 Å². The lowest BCUT2D eigenvalue weighted by molar-refractivity contribution is 0.0728. The van der Waals surface area contributed by atoms with Crippen LogP contribution in [0.1, 0.15) is 80.3 Å². The lowest BCUT2D eigenvalue weighted by Gasteiger charge is -2.08. The maximum absolute atomic E-state index is 14.2. The molecule has 0 amide bonds. The zero-order valence-electron chi connectivity index (χ0n) is 19.8. The monoisotopic (exact) mass is 447 g/mol. The van der Waals surface area contributed by atoms with Crippen molar-refractivity contribution in [1.29, 1.82) is 0 Å². The van der Waals surface area contributed by atoms with E-state index >= 15 is 0 Å². The summed E-state index contributed by atoms with van der Waals surface area (Å²) < 4.78 is 19.5. The van der Waals surface area contributed by atoms with Gasteiger partial charge in [0.25, 0.3) is 0 Å². The number of hydrogen-bond acceptors (Lipinski definition) is 3. The van der Waals surface area contributed by atoms with Crippen molar-refractivity contribution >= 4 is 5.97 Å². The van der Waals surface area contributed by atoms with Gasteiger partial charge in [0.1, 0.15) is 0 Å². The molecule has 3 aromatic rings. The van der Waals surface area contributed by atoms with Crippen molar-refractivity contribution in [2.45, 2.75) is 71.6 Å². The third-order valence-corrected chi connectivity index (χ3v) is 5.80. The van der Waals surface area contributed by atoms with Gasteiger partial charge in [-0.2, -0.15) is 0 Å². The van der Waals surface area contributed by atoms with Crippen molar-refractivity contribution < 1.29 is 13.9 Å². The number of carbonyl (C=O) groups excluding carboxylic acids is 1. The van der Waals surface area contributed by atoms with E-state index in [1.807, 2.05) is 31.3 Å². The number of nitrogens with zero attached hydrogens (tertiary/aromatic N) is 1. The van der Waals surface area contributed by atoms with Crippen molar-refractivity contribution in [3.05, 3.63) is 83.3 Å². The Morgan fingerprint density at radius 1 is 0.818 bits per heavy atom. The van der Waals surface area contributed by atoms with Gasteiger partial charge in [0.2, 0.25) is 0 Å². The molecule has 0 fully saturated rings. The van der Waals surface area contributed by atoms with Crippen LogP contribution in [0.25, 0.3) is 11.3 Å². The fraction of sp³-hybridized carbons (Fsp3) is 0.379. The van der Waals surface area contributed by atoms with Gasteiger partial charge in [-0.3, -0.25) is 4.98 Å². The Balaban J connectivity index is 1.54. The van der Waals surface area contributed by atoms with Crippen LogP contribution in [0.5, 0.6) is 5.75 Å². The molecule has 0 radical (unpaired) electrons. The summed E-state index contributed by atoms with van der Waals surface area (Å²) in [6, 6.07) is 15.9. The normalized spacial score (nSPS) is 10.9. The highest BCUT2D eigenvalue weighted by Gasteiger charge is 2.13. The van der Waals surface area contributed by atoms with Crippen LogP contribution in [0.2, 0.25) is 0 Å². The third-order valence-electron chi connectivity index (χ3n) is 5.80. The van der Waals surface area contributed by atoms with Gasteiger partial charge in [0.15, 0.2) is 11.6 Å². The largest absolute Gasteiger partial charge is 0.420 e. The molecule has 0 unspecified atom stereocenters. The first-order valence-corrected chi connectivity index (χ1v) is 12.2. The molecule has 0 spiro atoms. The summed E-state index contributed by atoms with van der Waals surface area (Å²) in [7, 11) is 0. The minimum Gasteiger partial charge on any atom is -0.420 e. The molecular weight excluding hydrogens is 413 g/mol. The van der Waals surface area contributed by atoms with Crippen molar-refractivity contribution in [3.8, 4) is 17.0 Å². The van der Waals surface area contributed by atoms with E-state index in [1.54, 1.807) is 18.2 Å².